The van der Waals surface area contributed by atoms with E-state index in [0.29, 0.717) is 5.56 Å². The van der Waals surface area contributed by atoms with Crippen molar-refractivity contribution >= 4 is 29.0 Å². The SMILES string of the molecule is COC(=O)c1ccc(C=Cc2cnc3ccccc3c2)cc1. The smallest absolute Gasteiger partial charge is 0.337 e. The number of carbonyl (C=O) groups excluding carboxylic acids is 1. The predicted molar refractivity (Wildman–Crippen MR) is 88.5 cm³/mol. The number of aromatic nitrogens is 1. The summed E-state index contributed by atoms with van der Waals surface area (Å²) >= 11 is 0. The Balaban J connectivity index is 1.81. The van der Waals surface area contributed by atoms with Crippen molar-refractivity contribution in [3.8, 4) is 0 Å². The second-order valence-corrected chi connectivity index (χ2v) is 4.91. The van der Waals surface area contributed by atoms with Crippen molar-refractivity contribution in [3.05, 3.63) is 77.5 Å². The van der Waals surface area contributed by atoms with E-state index < -0.39 is 0 Å². The van der Waals surface area contributed by atoms with Gasteiger partial charge < -0.3 is 4.74 Å². The van der Waals surface area contributed by atoms with Crippen molar-refractivity contribution in [2.24, 2.45) is 0 Å². The van der Waals surface area contributed by atoms with Crippen LogP contribution in [0.25, 0.3) is 23.1 Å². The summed E-state index contributed by atoms with van der Waals surface area (Å²) in [5, 5.41) is 1.12. The molecule has 0 aliphatic heterocycles. The number of para-hydroxylation sites is 1. The zero-order valence-electron chi connectivity index (χ0n) is 12.2. The van der Waals surface area contributed by atoms with Crippen LogP contribution >= 0.6 is 0 Å². The number of ether oxygens (including phenoxy) is 1. The average molecular weight is 289 g/mol. The lowest BCUT2D eigenvalue weighted by Crippen LogP contribution is -2.00. The van der Waals surface area contributed by atoms with Crippen molar-refractivity contribution in [1.82, 2.24) is 4.98 Å². The Kier molecular flexibility index (Phi) is 3.97. The summed E-state index contributed by atoms with van der Waals surface area (Å²) < 4.78 is 4.68. The van der Waals surface area contributed by atoms with Gasteiger partial charge in [0.15, 0.2) is 0 Å². The topological polar surface area (TPSA) is 39.2 Å². The first-order valence-corrected chi connectivity index (χ1v) is 6.97. The van der Waals surface area contributed by atoms with Crippen LogP contribution < -0.4 is 0 Å². The summed E-state index contributed by atoms with van der Waals surface area (Å²) in [6.07, 6.45) is 5.85. The summed E-state index contributed by atoms with van der Waals surface area (Å²) in [4.78, 5) is 15.8. The molecule has 0 saturated carbocycles. The summed E-state index contributed by atoms with van der Waals surface area (Å²) in [5.74, 6) is -0.325. The maximum Gasteiger partial charge on any atom is 0.337 e. The Morgan fingerprint density at radius 2 is 1.73 bits per heavy atom. The number of fused-ring (bicyclic) bond motifs is 1. The third kappa shape index (κ3) is 3.04. The van der Waals surface area contributed by atoms with E-state index in [-0.39, 0.29) is 5.97 Å². The van der Waals surface area contributed by atoms with E-state index in [1.54, 1.807) is 12.1 Å². The molecule has 0 spiro atoms. The van der Waals surface area contributed by atoms with Crippen molar-refractivity contribution in [2.45, 2.75) is 0 Å². The number of carbonyl (C=O) groups is 1. The molecule has 1 aromatic heterocycles. The highest BCUT2D eigenvalue weighted by Gasteiger charge is 2.03. The molecule has 0 unspecified atom stereocenters. The third-order valence-electron chi connectivity index (χ3n) is 3.41. The van der Waals surface area contributed by atoms with Gasteiger partial charge in [0, 0.05) is 11.6 Å². The fourth-order valence-corrected chi connectivity index (χ4v) is 2.22. The molecule has 0 aliphatic carbocycles. The van der Waals surface area contributed by atoms with Crippen LogP contribution in [0.4, 0.5) is 0 Å². The quantitative estimate of drug-likeness (QED) is 0.679. The van der Waals surface area contributed by atoms with Gasteiger partial charge in [-0.1, -0.05) is 42.5 Å². The number of hydrogen-bond donors (Lipinski definition) is 0. The molecule has 0 aliphatic rings. The second kappa shape index (κ2) is 6.22. The maximum atomic E-state index is 11.4. The molecule has 0 radical (unpaired) electrons. The van der Waals surface area contributed by atoms with Crippen LogP contribution in [-0.2, 0) is 4.74 Å². The van der Waals surface area contributed by atoms with Gasteiger partial charge in [-0.2, -0.15) is 0 Å². The number of pyridine rings is 1. The average Bonchev–Trinajstić information content (AvgIpc) is 2.59. The molecular weight excluding hydrogens is 274 g/mol. The minimum Gasteiger partial charge on any atom is -0.465 e. The standard InChI is InChI=1S/C19H15NO2/c1-22-19(21)16-10-8-14(9-11-16)6-7-15-12-17-4-2-3-5-18(17)20-13-15/h2-13H,1H3. The highest BCUT2D eigenvalue weighted by Crippen LogP contribution is 2.15. The first kappa shape index (κ1) is 14.0. The van der Waals surface area contributed by atoms with Crippen LogP contribution in [-0.4, -0.2) is 18.1 Å². The minimum absolute atomic E-state index is 0.325. The van der Waals surface area contributed by atoms with Crippen LogP contribution in [0, 0.1) is 0 Å². The van der Waals surface area contributed by atoms with Crippen molar-refractivity contribution in [2.75, 3.05) is 7.11 Å². The number of rotatable bonds is 3. The van der Waals surface area contributed by atoms with Gasteiger partial charge in [0.05, 0.1) is 18.2 Å². The number of benzene rings is 2. The normalized spacial score (nSPS) is 11.0. The maximum absolute atomic E-state index is 11.4. The second-order valence-electron chi connectivity index (χ2n) is 4.91. The number of hydrogen-bond acceptors (Lipinski definition) is 3. The minimum atomic E-state index is -0.325. The summed E-state index contributed by atoms with van der Waals surface area (Å²) in [7, 11) is 1.38. The van der Waals surface area contributed by atoms with Crippen molar-refractivity contribution < 1.29 is 9.53 Å². The fourth-order valence-electron chi connectivity index (χ4n) is 2.22. The van der Waals surface area contributed by atoms with Crippen LogP contribution in [0.5, 0.6) is 0 Å². The van der Waals surface area contributed by atoms with Gasteiger partial charge in [0.1, 0.15) is 0 Å². The van der Waals surface area contributed by atoms with Gasteiger partial charge in [-0.15, -0.1) is 0 Å². The summed E-state index contributed by atoms with van der Waals surface area (Å²) in [5.41, 5.74) is 3.59. The first-order chi connectivity index (χ1) is 10.8. The Morgan fingerprint density at radius 1 is 1.00 bits per heavy atom. The summed E-state index contributed by atoms with van der Waals surface area (Å²) in [6, 6.07) is 17.4. The molecule has 0 N–H and O–H groups in total. The summed E-state index contributed by atoms with van der Waals surface area (Å²) in [6.45, 7) is 0. The predicted octanol–water partition coefficient (Wildman–Crippen LogP) is 4.19. The van der Waals surface area contributed by atoms with Crippen LogP contribution in [0.2, 0.25) is 0 Å². The molecule has 3 nitrogen and oxygen atoms in total. The molecule has 0 bridgehead atoms. The monoisotopic (exact) mass is 289 g/mol. The van der Waals surface area contributed by atoms with Gasteiger partial charge in [-0.3, -0.25) is 4.98 Å². The number of esters is 1. The highest BCUT2D eigenvalue weighted by atomic mass is 16.5. The lowest BCUT2D eigenvalue weighted by atomic mass is 10.1. The molecular formula is C19H15NO2. The molecule has 2 aromatic carbocycles. The zero-order chi connectivity index (χ0) is 15.4. The van der Waals surface area contributed by atoms with Crippen molar-refractivity contribution in [1.29, 1.82) is 0 Å². The van der Waals surface area contributed by atoms with E-state index in [1.165, 1.54) is 7.11 Å². The first-order valence-electron chi connectivity index (χ1n) is 6.97. The van der Waals surface area contributed by atoms with Gasteiger partial charge in [-0.25, -0.2) is 4.79 Å². The molecule has 108 valence electrons. The van der Waals surface area contributed by atoms with Crippen LogP contribution in [0.15, 0.2) is 60.8 Å². The number of methoxy groups -OCH3 is 1. The van der Waals surface area contributed by atoms with Crippen LogP contribution in [0.1, 0.15) is 21.5 Å². The van der Waals surface area contributed by atoms with E-state index in [0.717, 1.165) is 22.0 Å². The Morgan fingerprint density at radius 3 is 2.50 bits per heavy atom. The highest BCUT2D eigenvalue weighted by molar-refractivity contribution is 5.89. The van der Waals surface area contributed by atoms with E-state index in [1.807, 2.05) is 54.7 Å². The molecule has 1 heterocycles. The molecule has 3 rings (SSSR count). The van der Waals surface area contributed by atoms with Gasteiger partial charge in [0.2, 0.25) is 0 Å². The molecule has 3 heteroatoms. The third-order valence-corrected chi connectivity index (χ3v) is 3.41. The Bertz CT molecular complexity index is 835. The molecule has 0 fully saturated rings. The lowest BCUT2D eigenvalue weighted by Gasteiger charge is -2.00. The lowest BCUT2D eigenvalue weighted by molar-refractivity contribution is 0.0601. The van der Waals surface area contributed by atoms with Gasteiger partial charge >= 0.3 is 5.97 Å². The molecule has 0 amide bonds. The van der Waals surface area contributed by atoms with E-state index in [4.69, 9.17) is 0 Å². The van der Waals surface area contributed by atoms with E-state index in [2.05, 4.69) is 15.8 Å². The van der Waals surface area contributed by atoms with Crippen molar-refractivity contribution in [3.63, 3.8) is 0 Å². The largest absolute Gasteiger partial charge is 0.465 e. The molecule has 3 aromatic rings. The van der Waals surface area contributed by atoms with Gasteiger partial charge in [0.25, 0.3) is 0 Å². The Hall–Kier alpha value is -2.94. The van der Waals surface area contributed by atoms with Crippen LogP contribution in [0.3, 0.4) is 0 Å². The van der Waals surface area contributed by atoms with E-state index >= 15 is 0 Å². The van der Waals surface area contributed by atoms with Gasteiger partial charge in [-0.05, 0) is 35.4 Å². The molecule has 0 saturated heterocycles. The zero-order valence-corrected chi connectivity index (χ0v) is 12.2. The Labute approximate surface area is 128 Å². The van der Waals surface area contributed by atoms with E-state index in [9.17, 15) is 4.79 Å². The number of nitrogens with zero attached hydrogens (tertiary/aromatic N) is 1. The molecule has 0 atom stereocenters. The molecule has 22 heavy (non-hydrogen) atoms. The fraction of sp³-hybridized carbons (Fsp3) is 0.0526.